The fraction of sp³-hybridized carbons (Fsp3) is 0.267. The van der Waals surface area contributed by atoms with Crippen LogP contribution in [0.4, 0.5) is 11.5 Å². The molecule has 1 heterocycles. The molecule has 0 fully saturated rings. The molecule has 0 bridgehead atoms. The van der Waals surface area contributed by atoms with E-state index in [1.165, 1.54) is 6.20 Å². The molecule has 1 amide bonds. The average molecular weight is 349 g/mol. The van der Waals surface area contributed by atoms with Crippen LogP contribution in [0.25, 0.3) is 0 Å². The molecule has 6 heteroatoms. The number of carbonyl (C=O) groups is 1. The minimum atomic E-state index is -0.274. The maximum absolute atomic E-state index is 12.1. The second-order valence-corrected chi connectivity index (χ2v) is 5.91. The van der Waals surface area contributed by atoms with Crippen LogP contribution in [-0.4, -0.2) is 21.9 Å². The number of aromatic nitrogens is 2. The number of rotatable bonds is 4. The van der Waals surface area contributed by atoms with E-state index in [4.69, 9.17) is 0 Å². The molecule has 110 valence electrons. The highest BCUT2D eigenvalue weighted by atomic mass is 79.9. The quantitative estimate of drug-likeness (QED) is 0.885. The van der Waals surface area contributed by atoms with Crippen molar-refractivity contribution in [3.8, 4) is 0 Å². The first-order chi connectivity index (χ1) is 9.95. The Morgan fingerprint density at radius 3 is 2.57 bits per heavy atom. The molecule has 0 aliphatic rings. The molecular formula is C15H17BrN4O. The maximum Gasteiger partial charge on any atom is 0.275 e. The fourth-order valence-corrected chi connectivity index (χ4v) is 2.24. The first kappa shape index (κ1) is 15.4. The largest absolute Gasteiger partial charge is 0.367 e. The summed E-state index contributed by atoms with van der Waals surface area (Å²) in [4.78, 5) is 20.4. The van der Waals surface area contributed by atoms with Gasteiger partial charge >= 0.3 is 0 Å². The molecule has 0 spiro atoms. The number of benzene rings is 1. The summed E-state index contributed by atoms with van der Waals surface area (Å²) >= 11 is 3.39. The highest BCUT2D eigenvalue weighted by Crippen LogP contribution is 2.20. The topological polar surface area (TPSA) is 66.9 Å². The molecule has 0 aliphatic carbocycles. The van der Waals surface area contributed by atoms with Gasteiger partial charge in [0.25, 0.3) is 5.91 Å². The number of halogens is 1. The molecule has 21 heavy (non-hydrogen) atoms. The van der Waals surface area contributed by atoms with E-state index in [-0.39, 0.29) is 17.6 Å². The summed E-state index contributed by atoms with van der Waals surface area (Å²) in [6.07, 6.45) is 3.03. The molecule has 1 aromatic carbocycles. The molecule has 2 aromatic rings. The Labute approximate surface area is 132 Å². The lowest BCUT2D eigenvalue weighted by atomic mass is 10.2. The summed E-state index contributed by atoms with van der Waals surface area (Å²) in [7, 11) is 0. The summed E-state index contributed by atoms with van der Waals surface area (Å²) < 4.78 is 0.974. The lowest BCUT2D eigenvalue weighted by Gasteiger charge is -2.10. The van der Waals surface area contributed by atoms with E-state index in [0.29, 0.717) is 5.82 Å². The number of nitrogens with zero attached hydrogens (tertiary/aromatic N) is 2. The van der Waals surface area contributed by atoms with Crippen LogP contribution in [0.15, 0.2) is 35.1 Å². The van der Waals surface area contributed by atoms with E-state index in [0.717, 1.165) is 15.7 Å². The van der Waals surface area contributed by atoms with Gasteiger partial charge in [0.15, 0.2) is 0 Å². The van der Waals surface area contributed by atoms with Gasteiger partial charge in [-0.05, 0) is 44.5 Å². The molecule has 0 saturated heterocycles. The van der Waals surface area contributed by atoms with Gasteiger partial charge < -0.3 is 10.6 Å². The van der Waals surface area contributed by atoms with Crippen molar-refractivity contribution in [3.63, 3.8) is 0 Å². The molecule has 1 aromatic heterocycles. The van der Waals surface area contributed by atoms with Gasteiger partial charge in [-0.25, -0.2) is 9.97 Å². The van der Waals surface area contributed by atoms with Crippen LogP contribution in [0.1, 0.15) is 29.9 Å². The normalized spacial score (nSPS) is 10.5. The average Bonchev–Trinajstić information content (AvgIpc) is 2.42. The summed E-state index contributed by atoms with van der Waals surface area (Å²) in [5.41, 5.74) is 2.02. The van der Waals surface area contributed by atoms with Crippen LogP contribution in [0.3, 0.4) is 0 Å². The minimum Gasteiger partial charge on any atom is -0.367 e. The maximum atomic E-state index is 12.1. The first-order valence-electron chi connectivity index (χ1n) is 6.62. The van der Waals surface area contributed by atoms with E-state index in [9.17, 15) is 4.79 Å². The van der Waals surface area contributed by atoms with Gasteiger partial charge in [-0.2, -0.15) is 0 Å². The zero-order chi connectivity index (χ0) is 15.4. The van der Waals surface area contributed by atoms with Crippen molar-refractivity contribution in [2.75, 3.05) is 10.6 Å². The van der Waals surface area contributed by atoms with Gasteiger partial charge in [0, 0.05) is 16.2 Å². The standard InChI is InChI=1S/C15H17BrN4O/c1-9(2)19-14-8-17-13(7-18-14)15(21)20-12-5-4-11(16)6-10(12)3/h4-9H,1-3H3,(H,18,19)(H,20,21). The zero-order valence-electron chi connectivity index (χ0n) is 12.1. The van der Waals surface area contributed by atoms with Gasteiger partial charge in [-0.3, -0.25) is 4.79 Å². The third-order valence-corrected chi connectivity index (χ3v) is 3.25. The predicted molar refractivity (Wildman–Crippen MR) is 87.6 cm³/mol. The molecular weight excluding hydrogens is 332 g/mol. The molecule has 0 atom stereocenters. The van der Waals surface area contributed by atoms with Gasteiger partial charge in [0.05, 0.1) is 12.4 Å². The summed E-state index contributed by atoms with van der Waals surface area (Å²) in [6.45, 7) is 5.96. The van der Waals surface area contributed by atoms with Gasteiger partial charge in [-0.15, -0.1) is 0 Å². The third kappa shape index (κ3) is 4.26. The van der Waals surface area contributed by atoms with Gasteiger partial charge in [-0.1, -0.05) is 15.9 Å². The van der Waals surface area contributed by atoms with E-state index in [2.05, 4.69) is 36.5 Å². The molecule has 0 saturated carbocycles. The highest BCUT2D eigenvalue weighted by molar-refractivity contribution is 9.10. The third-order valence-electron chi connectivity index (χ3n) is 2.76. The van der Waals surface area contributed by atoms with E-state index >= 15 is 0 Å². The van der Waals surface area contributed by atoms with Crippen molar-refractivity contribution in [3.05, 3.63) is 46.3 Å². The molecule has 0 unspecified atom stereocenters. The molecule has 2 N–H and O–H groups in total. The highest BCUT2D eigenvalue weighted by Gasteiger charge is 2.10. The lowest BCUT2D eigenvalue weighted by molar-refractivity contribution is 0.102. The Morgan fingerprint density at radius 2 is 2.00 bits per heavy atom. The Bertz CT molecular complexity index is 641. The zero-order valence-corrected chi connectivity index (χ0v) is 13.7. The van der Waals surface area contributed by atoms with Crippen LogP contribution in [0, 0.1) is 6.92 Å². The first-order valence-corrected chi connectivity index (χ1v) is 7.41. The SMILES string of the molecule is Cc1cc(Br)ccc1NC(=O)c1cnc(NC(C)C)cn1. The van der Waals surface area contributed by atoms with Gasteiger partial charge in [0.2, 0.25) is 0 Å². The monoisotopic (exact) mass is 348 g/mol. The van der Waals surface area contributed by atoms with Crippen LogP contribution >= 0.6 is 15.9 Å². The van der Waals surface area contributed by atoms with Crippen molar-refractivity contribution in [2.45, 2.75) is 26.8 Å². The van der Waals surface area contributed by atoms with E-state index in [1.807, 2.05) is 39.0 Å². The number of carbonyl (C=O) groups excluding carboxylic acids is 1. The van der Waals surface area contributed by atoms with Crippen molar-refractivity contribution >= 4 is 33.3 Å². The number of hydrogen-bond donors (Lipinski definition) is 2. The predicted octanol–water partition coefficient (Wildman–Crippen LogP) is 3.62. The Hall–Kier alpha value is -1.95. The number of hydrogen-bond acceptors (Lipinski definition) is 4. The molecule has 5 nitrogen and oxygen atoms in total. The van der Waals surface area contributed by atoms with Crippen molar-refractivity contribution in [1.82, 2.24) is 9.97 Å². The lowest BCUT2D eigenvalue weighted by Crippen LogP contribution is -2.16. The number of aryl methyl sites for hydroxylation is 1. The Balaban J connectivity index is 2.09. The van der Waals surface area contributed by atoms with Gasteiger partial charge in [0.1, 0.15) is 11.5 Å². The fourth-order valence-electron chi connectivity index (χ4n) is 1.77. The van der Waals surface area contributed by atoms with Crippen LogP contribution in [0.2, 0.25) is 0 Å². The van der Waals surface area contributed by atoms with Crippen LogP contribution < -0.4 is 10.6 Å². The summed E-state index contributed by atoms with van der Waals surface area (Å²) in [6, 6.07) is 5.93. The number of anilines is 2. The second kappa shape index (κ2) is 6.67. The Morgan fingerprint density at radius 1 is 1.24 bits per heavy atom. The molecule has 0 radical (unpaired) electrons. The Kier molecular flexibility index (Phi) is 4.90. The van der Waals surface area contributed by atoms with Crippen molar-refractivity contribution in [2.24, 2.45) is 0 Å². The number of amides is 1. The summed E-state index contributed by atoms with van der Waals surface area (Å²) in [5.74, 6) is 0.380. The number of nitrogens with one attached hydrogen (secondary N) is 2. The molecule has 2 rings (SSSR count). The van der Waals surface area contributed by atoms with Crippen LogP contribution in [-0.2, 0) is 0 Å². The van der Waals surface area contributed by atoms with Crippen LogP contribution in [0.5, 0.6) is 0 Å². The minimum absolute atomic E-state index is 0.268. The molecule has 0 aliphatic heterocycles. The van der Waals surface area contributed by atoms with E-state index in [1.54, 1.807) is 6.20 Å². The smallest absolute Gasteiger partial charge is 0.275 e. The summed E-state index contributed by atoms with van der Waals surface area (Å²) in [5, 5.41) is 5.96. The second-order valence-electron chi connectivity index (χ2n) is 5.00. The van der Waals surface area contributed by atoms with Crippen molar-refractivity contribution in [1.29, 1.82) is 0 Å². The van der Waals surface area contributed by atoms with E-state index < -0.39 is 0 Å². The van der Waals surface area contributed by atoms with Crippen molar-refractivity contribution < 1.29 is 4.79 Å².